The summed E-state index contributed by atoms with van der Waals surface area (Å²) in [5, 5.41) is 11.6. The molecule has 1 rings (SSSR count). The minimum Gasteiger partial charge on any atom is -0.478 e. The Labute approximate surface area is 147 Å². The van der Waals surface area contributed by atoms with Gasteiger partial charge in [-0.1, -0.05) is 58.0 Å². The van der Waals surface area contributed by atoms with E-state index < -0.39 is 30.2 Å². The molecule has 7 heteroatoms. The number of esters is 1. The number of benzene rings is 1. The number of hydrogen-bond acceptors (Lipinski definition) is 5. The lowest BCUT2D eigenvalue weighted by Crippen LogP contribution is -2.47. The molecule has 0 fully saturated rings. The second kappa shape index (κ2) is 9.66. The maximum absolute atomic E-state index is 12.3. The van der Waals surface area contributed by atoms with E-state index >= 15 is 0 Å². The van der Waals surface area contributed by atoms with Crippen LogP contribution in [0.15, 0.2) is 30.3 Å². The highest BCUT2D eigenvalue weighted by Crippen LogP contribution is 2.12. The SMILES string of the molecule is CC(C)[C@H](NC(=O)OCc1ccccc1)C(=O)O[C@H](C(=O)O)C(C)C. The van der Waals surface area contributed by atoms with Gasteiger partial charge in [0.15, 0.2) is 0 Å². The smallest absolute Gasteiger partial charge is 0.408 e. The van der Waals surface area contributed by atoms with Crippen LogP contribution in [0.25, 0.3) is 0 Å². The zero-order chi connectivity index (χ0) is 19.0. The minimum atomic E-state index is -1.27. The predicted octanol–water partition coefficient (Wildman–Crippen LogP) is 2.59. The fraction of sp³-hybridized carbons (Fsp3) is 0.500. The number of aliphatic carboxylic acids is 1. The number of carboxylic acid groups (broad SMARTS) is 1. The van der Waals surface area contributed by atoms with Gasteiger partial charge in [-0.15, -0.1) is 0 Å². The molecule has 0 saturated carbocycles. The van der Waals surface area contributed by atoms with Crippen molar-refractivity contribution in [2.24, 2.45) is 11.8 Å². The molecule has 1 aromatic rings. The molecule has 0 unspecified atom stereocenters. The monoisotopic (exact) mass is 351 g/mol. The summed E-state index contributed by atoms with van der Waals surface area (Å²) in [6.07, 6.45) is -2.04. The van der Waals surface area contributed by atoms with Crippen molar-refractivity contribution in [1.29, 1.82) is 0 Å². The molecule has 25 heavy (non-hydrogen) atoms. The molecule has 1 aromatic carbocycles. The van der Waals surface area contributed by atoms with Gasteiger partial charge in [-0.3, -0.25) is 0 Å². The second-order valence-corrected chi connectivity index (χ2v) is 6.37. The Morgan fingerprint density at radius 3 is 2.12 bits per heavy atom. The van der Waals surface area contributed by atoms with Crippen molar-refractivity contribution < 1.29 is 29.0 Å². The van der Waals surface area contributed by atoms with E-state index in [1.54, 1.807) is 27.7 Å². The Kier molecular flexibility index (Phi) is 7.91. The van der Waals surface area contributed by atoms with Crippen molar-refractivity contribution >= 4 is 18.0 Å². The van der Waals surface area contributed by atoms with E-state index in [1.807, 2.05) is 30.3 Å². The van der Waals surface area contributed by atoms with E-state index in [-0.39, 0.29) is 18.4 Å². The summed E-state index contributed by atoms with van der Waals surface area (Å²) in [5.41, 5.74) is 0.812. The summed E-state index contributed by atoms with van der Waals surface area (Å²) in [6.45, 7) is 6.77. The first-order valence-corrected chi connectivity index (χ1v) is 8.12. The molecule has 138 valence electrons. The lowest BCUT2D eigenvalue weighted by molar-refractivity contribution is -0.169. The fourth-order valence-corrected chi connectivity index (χ4v) is 2.06. The molecule has 0 bridgehead atoms. The first-order valence-electron chi connectivity index (χ1n) is 8.12. The van der Waals surface area contributed by atoms with Gasteiger partial charge in [-0.25, -0.2) is 14.4 Å². The Bertz CT molecular complexity index is 584. The highest BCUT2D eigenvalue weighted by Gasteiger charge is 2.32. The number of carboxylic acids is 1. The molecular formula is C18H25NO6. The zero-order valence-electron chi connectivity index (χ0n) is 14.9. The van der Waals surface area contributed by atoms with Gasteiger partial charge in [0.1, 0.15) is 12.6 Å². The third kappa shape index (κ3) is 6.82. The second-order valence-electron chi connectivity index (χ2n) is 6.37. The third-order valence-electron chi connectivity index (χ3n) is 3.50. The van der Waals surface area contributed by atoms with Gasteiger partial charge in [0.2, 0.25) is 6.10 Å². The summed E-state index contributed by atoms with van der Waals surface area (Å²) in [7, 11) is 0. The number of ether oxygens (including phenoxy) is 2. The Morgan fingerprint density at radius 2 is 1.64 bits per heavy atom. The highest BCUT2D eigenvalue weighted by atomic mass is 16.6. The van der Waals surface area contributed by atoms with Crippen LogP contribution in [0.5, 0.6) is 0 Å². The molecule has 0 aliphatic rings. The maximum Gasteiger partial charge on any atom is 0.408 e. The van der Waals surface area contributed by atoms with Crippen LogP contribution >= 0.6 is 0 Å². The Balaban J connectivity index is 2.64. The molecule has 7 nitrogen and oxygen atoms in total. The van der Waals surface area contributed by atoms with Crippen LogP contribution in [0, 0.1) is 11.8 Å². The molecule has 0 aliphatic heterocycles. The van der Waals surface area contributed by atoms with Gasteiger partial charge < -0.3 is 19.9 Å². The third-order valence-corrected chi connectivity index (χ3v) is 3.50. The molecule has 0 heterocycles. The number of rotatable bonds is 8. The molecule has 2 N–H and O–H groups in total. The van der Waals surface area contributed by atoms with Gasteiger partial charge in [0.05, 0.1) is 0 Å². The van der Waals surface area contributed by atoms with E-state index in [9.17, 15) is 14.4 Å². The molecule has 0 spiro atoms. The first kappa shape index (κ1) is 20.5. The summed E-state index contributed by atoms with van der Waals surface area (Å²) in [6, 6.07) is 8.11. The minimum absolute atomic E-state index is 0.0658. The molecule has 0 radical (unpaired) electrons. The lowest BCUT2D eigenvalue weighted by Gasteiger charge is -2.24. The van der Waals surface area contributed by atoms with Gasteiger partial charge in [0, 0.05) is 5.92 Å². The average molecular weight is 351 g/mol. The van der Waals surface area contributed by atoms with Crippen molar-refractivity contribution in [1.82, 2.24) is 5.32 Å². The van der Waals surface area contributed by atoms with Crippen LogP contribution in [0.2, 0.25) is 0 Å². The van der Waals surface area contributed by atoms with Crippen molar-refractivity contribution in [3.05, 3.63) is 35.9 Å². The Hall–Kier alpha value is -2.57. The van der Waals surface area contributed by atoms with Crippen LogP contribution in [-0.4, -0.2) is 35.3 Å². The highest BCUT2D eigenvalue weighted by molar-refractivity contribution is 5.84. The van der Waals surface area contributed by atoms with Gasteiger partial charge in [-0.05, 0) is 11.5 Å². The van der Waals surface area contributed by atoms with Crippen molar-refractivity contribution in [3.63, 3.8) is 0 Å². The largest absolute Gasteiger partial charge is 0.478 e. The van der Waals surface area contributed by atoms with Crippen LogP contribution < -0.4 is 5.32 Å². The van der Waals surface area contributed by atoms with Crippen LogP contribution in [-0.2, 0) is 25.7 Å². The zero-order valence-corrected chi connectivity index (χ0v) is 14.9. The normalized spacial score (nSPS) is 13.2. The number of nitrogens with one attached hydrogen (secondary N) is 1. The van der Waals surface area contributed by atoms with Crippen LogP contribution in [0.1, 0.15) is 33.3 Å². The first-order chi connectivity index (χ1) is 11.7. The topological polar surface area (TPSA) is 102 Å². The number of alkyl carbamates (subject to hydrolysis) is 1. The van der Waals surface area contributed by atoms with E-state index in [0.717, 1.165) is 5.56 Å². The number of carbonyl (C=O) groups is 3. The predicted molar refractivity (Wildman–Crippen MR) is 90.7 cm³/mol. The summed E-state index contributed by atoms with van der Waals surface area (Å²) < 4.78 is 10.1. The van der Waals surface area contributed by atoms with E-state index in [0.29, 0.717) is 0 Å². The summed E-state index contributed by atoms with van der Waals surface area (Å²) in [4.78, 5) is 35.4. The van der Waals surface area contributed by atoms with Crippen molar-refractivity contribution in [2.75, 3.05) is 0 Å². The van der Waals surface area contributed by atoms with E-state index in [2.05, 4.69) is 5.32 Å². The number of carbonyl (C=O) groups excluding carboxylic acids is 2. The molecule has 0 aromatic heterocycles. The van der Waals surface area contributed by atoms with Crippen LogP contribution in [0.3, 0.4) is 0 Å². The average Bonchev–Trinajstić information content (AvgIpc) is 2.55. The van der Waals surface area contributed by atoms with Crippen LogP contribution in [0.4, 0.5) is 4.79 Å². The quantitative estimate of drug-likeness (QED) is 0.698. The van der Waals surface area contributed by atoms with E-state index in [1.165, 1.54) is 0 Å². The van der Waals surface area contributed by atoms with Gasteiger partial charge in [0.25, 0.3) is 0 Å². The number of hydrogen-bond donors (Lipinski definition) is 2. The molecule has 1 amide bonds. The molecular weight excluding hydrogens is 326 g/mol. The van der Waals surface area contributed by atoms with E-state index in [4.69, 9.17) is 14.6 Å². The van der Waals surface area contributed by atoms with Gasteiger partial charge >= 0.3 is 18.0 Å². The van der Waals surface area contributed by atoms with Crippen molar-refractivity contribution in [3.8, 4) is 0 Å². The molecule has 2 atom stereocenters. The molecule has 0 saturated heterocycles. The summed E-state index contributed by atoms with van der Waals surface area (Å²) in [5.74, 6) is -2.71. The maximum atomic E-state index is 12.3. The number of amides is 1. The fourth-order valence-electron chi connectivity index (χ4n) is 2.06. The standard InChI is InChI=1S/C18H25NO6/c1-11(2)14(17(22)25-15(12(3)4)16(20)21)19-18(23)24-10-13-8-6-5-7-9-13/h5-9,11-12,14-15H,10H2,1-4H3,(H,19,23)(H,20,21)/t14-,15-/m0/s1. The molecule has 0 aliphatic carbocycles. The lowest BCUT2D eigenvalue weighted by atomic mass is 10.0. The Morgan fingerprint density at radius 1 is 1.04 bits per heavy atom. The van der Waals surface area contributed by atoms with Gasteiger partial charge in [-0.2, -0.15) is 0 Å². The van der Waals surface area contributed by atoms with Crippen molar-refractivity contribution in [2.45, 2.75) is 46.4 Å². The summed E-state index contributed by atoms with van der Waals surface area (Å²) >= 11 is 0.